The van der Waals surface area contributed by atoms with Crippen LogP contribution in [-0.4, -0.2) is 30.5 Å². The summed E-state index contributed by atoms with van der Waals surface area (Å²) in [4.78, 5) is 26.0. The first-order valence-corrected chi connectivity index (χ1v) is 9.66. The van der Waals surface area contributed by atoms with Gasteiger partial charge in [0.25, 0.3) is 11.6 Å². The lowest BCUT2D eigenvalue weighted by Crippen LogP contribution is -2.25. The number of hydrogen-bond acceptors (Lipinski definition) is 5. The van der Waals surface area contributed by atoms with Crippen molar-refractivity contribution in [2.75, 3.05) is 29.9 Å². The molecule has 1 aliphatic rings. The van der Waals surface area contributed by atoms with Gasteiger partial charge < -0.3 is 15.0 Å². The van der Waals surface area contributed by atoms with Crippen LogP contribution >= 0.6 is 0 Å². The molecular formula is C21H25N3O4. The number of amides is 1. The Morgan fingerprint density at radius 2 is 1.86 bits per heavy atom. The average Bonchev–Trinajstić information content (AvgIpc) is 2.98. The van der Waals surface area contributed by atoms with Crippen LogP contribution < -0.4 is 15.0 Å². The summed E-state index contributed by atoms with van der Waals surface area (Å²) in [5, 5.41) is 14.4. The van der Waals surface area contributed by atoms with Crippen molar-refractivity contribution in [2.45, 2.75) is 32.6 Å². The van der Waals surface area contributed by atoms with Gasteiger partial charge in [-0.05, 0) is 44.0 Å². The molecule has 0 aliphatic carbocycles. The van der Waals surface area contributed by atoms with Gasteiger partial charge in [0.1, 0.15) is 11.4 Å². The minimum atomic E-state index is -0.412. The molecule has 0 atom stereocenters. The third-order valence-electron chi connectivity index (χ3n) is 4.82. The van der Waals surface area contributed by atoms with E-state index in [0.29, 0.717) is 23.7 Å². The first kappa shape index (κ1) is 19.7. The number of carbonyl (C=O) groups is 1. The van der Waals surface area contributed by atoms with Gasteiger partial charge in [-0.25, -0.2) is 0 Å². The predicted octanol–water partition coefficient (Wildman–Crippen LogP) is 4.63. The maximum absolute atomic E-state index is 12.7. The van der Waals surface area contributed by atoms with E-state index in [2.05, 4.69) is 10.2 Å². The molecule has 0 unspecified atom stereocenters. The molecule has 1 saturated heterocycles. The standard InChI is InChI=1S/C21H25N3O4/c1-2-28-20-10-6-5-9-17(20)22-21(25)16-11-12-18(19(15-16)24(26)27)23-13-7-3-4-8-14-23/h5-6,9-12,15H,2-4,7-8,13-14H2,1H3,(H,22,25). The van der Waals surface area contributed by atoms with Crippen molar-refractivity contribution in [1.29, 1.82) is 0 Å². The Bertz CT molecular complexity index is 845. The molecule has 1 fully saturated rings. The largest absolute Gasteiger partial charge is 0.492 e. The Hall–Kier alpha value is -3.09. The van der Waals surface area contributed by atoms with Gasteiger partial charge >= 0.3 is 0 Å². The van der Waals surface area contributed by atoms with Crippen LogP contribution in [0.4, 0.5) is 17.1 Å². The molecule has 2 aromatic rings. The number of rotatable bonds is 6. The minimum absolute atomic E-state index is 0.0346. The van der Waals surface area contributed by atoms with Gasteiger partial charge in [-0.15, -0.1) is 0 Å². The van der Waals surface area contributed by atoms with Crippen molar-refractivity contribution in [3.05, 3.63) is 58.1 Å². The molecule has 0 radical (unpaired) electrons. The van der Waals surface area contributed by atoms with Gasteiger partial charge in [0.2, 0.25) is 0 Å². The maximum Gasteiger partial charge on any atom is 0.293 e. The fourth-order valence-corrected chi connectivity index (χ4v) is 3.44. The molecule has 2 aromatic carbocycles. The lowest BCUT2D eigenvalue weighted by atomic mass is 10.1. The summed E-state index contributed by atoms with van der Waals surface area (Å²) in [5.41, 5.74) is 1.33. The van der Waals surface area contributed by atoms with Crippen LogP contribution in [-0.2, 0) is 0 Å². The van der Waals surface area contributed by atoms with E-state index in [4.69, 9.17) is 4.74 Å². The first-order valence-electron chi connectivity index (χ1n) is 9.66. The third kappa shape index (κ3) is 4.60. The Morgan fingerprint density at radius 3 is 2.54 bits per heavy atom. The Labute approximate surface area is 164 Å². The van der Waals surface area contributed by atoms with Gasteiger partial charge in [-0.1, -0.05) is 25.0 Å². The average molecular weight is 383 g/mol. The number of anilines is 2. The Balaban J connectivity index is 1.85. The number of para-hydroxylation sites is 2. The highest BCUT2D eigenvalue weighted by Gasteiger charge is 2.23. The van der Waals surface area contributed by atoms with E-state index in [1.807, 2.05) is 13.0 Å². The normalized spacial score (nSPS) is 14.2. The highest BCUT2D eigenvalue weighted by molar-refractivity contribution is 6.05. The van der Waals surface area contributed by atoms with Gasteiger partial charge in [0, 0.05) is 24.7 Å². The first-order chi connectivity index (χ1) is 13.6. The zero-order valence-corrected chi connectivity index (χ0v) is 16.0. The summed E-state index contributed by atoms with van der Waals surface area (Å²) in [7, 11) is 0. The molecule has 0 saturated carbocycles. The molecule has 28 heavy (non-hydrogen) atoms. The molecule has 7 nitrogen and oxygen atoms in total. The van der Waals surface area contributed by atoms with E-state index in [1.54, 1.807) is 30.3 Å². The van der Waals surface area contributed by atoms with E-state index in [9.17, 15) is 14.9 Å². The molecule has 7 heteroatoms. The minimum Gasteiger partial charge on any atom is -0.492 e. The van der Waals surface area contributed by atoms with Crippen molar-refractivity contribution in [3.8, 4) is 5.75 Å². The molecule has 0 spiro atoms. The quantitative estimate of drug-likeness (QED) is 0.581. The number of nitrogens with one attached hydrogen (secondary N) is 1. The van der Waals surface area contributed by atoms with E-state index in [1.165, 1.54) is 6.07 Å². The second-order valence-electron chi connectivity index (χ2n) is 6.75. The van der Waals surface area contributed by atoms with E-state index >= 15 is 0 Å². The fraction of sp³-hybridized carbons (Fsp3) is 0.381. The molecule has 1 amide bonds. The molecule has 0 bridgehead atoms. The van der Waals surface area contributed by atoms with Crippen LogP contribution in [0.15, 0.2) is 42.5 Å². The number of nitrogens with zero attached hydrogens (tertiary/aromatic N) is 2. The van der Waals surface area contributed by atoms with Gasteiger partial charge in [0.15, 0.2) is 0 Å². The molecule has 1 heterocycles. The highest BCUT2D eigenvalue weighted by Crippen LogP contribution is 2.32. The Kier molecular flexibility index (Phi) is 6.47. The second-order valence-corrected chi connectivity index (χ2v) is 6.75. The van der Waals surface area contributed by atoms with Crippen molar-refractivity contribution in [3.63, 3.8) is 0 Å². The van der Waals surface area contributed by atoms with Crippen LogP contribution in [0.3, 0.4) is 0 Å². The number of ether oxygens (including phenoxy) is 1. The predicted molar refractivity (Wildman–Crippen MR) is 109 cm³/mol. The summed E-state index contributed by atoms with van der Waals surface area (Å²) < 4.78 is 5.52. The van der Waals surface area contributed by atoms with Gasteiger partial charge in [-0.3, -0.25) is 14.9 Å². The molecule has 1 aliphatic heterocycles. The number of carbonyl (C=O) groups excluding carboxylic acids is 1. The summed E-state index contributed by atoms with van der Waals surface area (Å²) in [5.74, 6) is 0.159. The zero-order valence-electron chi connectivity index (χ0n) is 16.0. The number of hydrogen-bond donors (Lipinski definition) is 1. The summed E-state index contributed by atoms with van der Waals surface area (Å²) in [6.45, 7) is 3.94. The van der Waals surface area contributed by atoms with Crippen molar-refractivity contribution in [1.82, 2.24) is 0 Å². The molecule has 1 N–H and O–H groups in total. The van der Waals surface area contributed by atoms with E-state index in [-0.39, 0.29) is 11.3 Å². The summed E-state index contributed by atoms with van der Waals surface area (Å²) >= 11 is 0. The van der Waals surface area contributed by atoms with Crippen LogP contribution in [0.5, 0.6) is 5.75 Å². The Morgan fingerprint density at radius 1 is 1.14 bits per heavy atom. The number of benzene rings is 2. The van der Waals surface area contributed by atoms with Crippen LogP contribution in [0.2, 0.25) is 0 Å². The van der Waals surface area contributed by atoms with Crippen molar-refractivity contribution >= 4 is 23.0 Å². The van der Waals surface area contributed by atoms with E-state index < -0.39 is 10.8 Å². The van der Waals surface area contributed by atoms with Crippen LogP contribution in [0.25, 0.3) is 0 Å². The number of nitro benzene ring substituents is 1. The topological polar surface area (TPSA) is 84.7 Å². The van der Waals surface area contributed by atoms with Crippen LogP contribution in [0.1, 0.15) is 43.0 Å². The molecule has 3 rings (SSSR count). The number of nitro groups is 1. The van der Waals surface area contributed by atoms with Crippen molar-refractivity contribution in [2.24, 2.45) is 0 Å². The third-order valence-corrected chi connectivity index (χ3v) is 4.82. The van der Waals surface area contributed by atoms with Crippen LogP contribution in [0, 0.1) is 10.1 Å². The SMILES string of the molecule is CCOc1ccccc1NC(=O)c1ccc(N2CCCCCC2)c([N+](=O)[O-])c1. The lowest BCUT2D eigenvalue weighted by molar-refractivity contribution is -0.384. The zero-order chi connectivity index (χ0) is 19.9. The summed E-state index contributed by atoms with van der Waals surface area (Å²) in [6.07, 6.45) is 4.33. The summed E-state index contributed by atoms with van der Waals surface area (Å²) in [6, 6.07) is 11.8. The molecular weight excluding hydrogens is 358 g/mol. The van der Waals surface area contributed by atoms with Gasteiger partial charge in [0.05, 0.1) is 17.2 Å². The second kappa shape index (κ2) is 9.21. The monoisotopic (exact) mass is 383 g/mol. The van der Waals surface area contributed by atoms with E-state index in [0.717, 1.165) is 38.8 Å². The van der Waals surface area contributed by atoms with Crippen molar-refractivity contribution < 1.29 is 14.5 Å². The van der Waals surface area contributed by atoms with Gasteiger partial charge in [-0.2, -0.15) is 0 Å². The lowest BCUT2D eigenvalue weighted by Gasteiger charge is -2.22. The molecule has 0 aromatic heterocycles. The smallest absolute Gasteiger partial charge is 0.293 e. The fourth-order valence-electron chi connectivity index (χ4n) is 3.44. The highest BCUT2D eigenvalue weighted by atomic mass is 16.6. The molecule has 148 valence electrons. The maximum atomic E-state index is 12.7.